The fourth-order valence-electron chi connectivity index (χ4n) is 2.26. The van der Waals surface area contributed by atoms with Crippen molar-refractivity contribution in [2.45, 2.75) is 46.5 Å². The summed E-state index contributed by atoms with van der Waals surface area (Å²) in [5.74, 6) is 2.91. The Labute approximate surface area is 77.1 Å². The van der Waals surface area contributed by atoms with Crippen LogP contribution in [0.5, 0.6) is 0 Å². The summed E-state index contributed by atoms with van der Waals surface area (Å²) >= 11 is 0. The Balaban J connectivity index is 2.25. The summed E-state index contributed by atoms with van der Waals surface area (Å²) < 4.78 is 0. The van der Waals surface area contributed by atoms with E-state index in [9.17, 15) is 0 Å². The van der Waals surface area contributed by atoms with E-state index in [1.54, 1.807) is 0 Å². The van der Waals surface area contributed by atoms with Crippen LogP contribution in [0.15, 0.2) is 12.2 Å². The highest BCUT2D eigenvalue weighted by Crippen LogP contribution is 2.37. The SMILES string of the molecule is CC=CCC1CCC(C(C)C)C1. The second-order valence-corrected chi connectivity index (χ2v) is 4.49. The van der Waals surface area contributed by atoms with Crippen molar-refractivity contribution in [1.29, 1.82) is 0 Å². The first-order valence-corrected chi connectivity index (χ1v) is 5.35. The first-order chi connectivity index (χ1) is 5.74. The maximum atomic E-state index is 2.36. The minimum Gasteiger partial charge on any atom is -0.0917 e. The predicted octanol–water partition coefficient (Wildman–Crippen LogP) is 4.02. The number of rotatable bonds is 3. The van der Waals surface area contributed by atoms with Crippen LogP contribution in [-0.4, -0.2) is 0 Å². The molecule has 0 spiro atoms. The molecule has 0 heteroatoms. The zero-order chi connectivity index (χ0) is 8.97. The van der Waals surface area contributed by atoms with Gasteiger partial charge in [0.1, 0.15) is 0 Å². The molecule has 70 valence electrons. The van der Waals surface area contributed by atoms with Gasteiger partial charge < -0.3 is 0 Å². The zero-order valence-electron chi connectivity index (χ0n) is 8.72. The summed E-state index contributed by atoms with van der Waals surface area (Å²) in [5, 5.41) is 0. The second-order valence-electron chi connectivity index (χ2n) is 4.49. The van der Waals surface area contributed by atoms with E-state index in [1.807, 2.05) is 0 Å². The van der Waals surface area contributed by atoms with Crippen LogP contribution in [0.25, 0.3) is 0 Å². The molecule has 0 heterocycles. The van der Waals surface area contributed by atoms with E-state index in [2.05, 4.69) is 32.9 Å². The molecular weight excluding hydrogens is 144 g/mol. The molecule has 0 saturated heterocycles. The highest BCUT2D eigenvalue weighted by atomic mass is 14.3. The van der Waals surface area contributed by atoms with Crippen molar-refractivity contribution in [3.8, 4) is 0 Å². The van der Waals surface area contributed by atoms with E-state index in [4.69, 9.17) is 0 Å². The fourth-order valence-corrected chi connectivity index (χ4v) is 2.26. The Morgan fingerprint density at radius 3 is 2.58 bits per heavy atom. The van der Waals surface area contributed by atoms with E-state index in [1.165, 1.54) is 25.7 Å². The molecule has 0 aliphatic heterocycles. The Morgan fingerprint density at radius 2 is 2.08 bits per heavy atom. The molecule has 0 aromatic carbocycles. The molecule has 2 atom stereocenters. The van der Waals surface area contributed by atoms with Crippen LogP contribution < -0.4 is 0 Å². The molecule has 0 aromatic rings. The van der Waals surface area contributed by atoms with E-state index in [0.717, 1.165) is 17.8 Å². The van der Waals surface area contributed by atoms with Gasteiger partial charge in [-0.25, -0.2) is 0 Å². The monoisotopic (exact) mass is 166 g/mol. The van der Waals surface area contributed by atoms with Crippen molar-refractivity contribution in [2.24, 2.45) is 17.8 Å². The van der Waals surface area contributed by atoms with Crippen LogP contribution in [0.3, 0.4) is 0 Å². The molecule has 1 rings (SSSR count). The van der Waals surface area contributed by atoms with Crippen molar-refractivity contribution in [1.82, 2.24) is 0 Å². The average Bonchev–Trinajstić information content (AvgIpc) is 2.48. The number of hydrogen-bond donors (Lipinski definition) is 0. The van der Waals surface area contributed by atoms with Crippen molar-refractivity contribution in [3.63, 3.8) is 0 Å². The van der Waals surface area contributed by atoms with Gasteiger partial charge in [-0.15, -0.1) is 0 Å². The van der Waals surface area contributed by atoms with Crippen LogP contribution >= 0.6 is 0 Å². The topological polar surface area (TPSA) is 0 Å². The molecule has 1 aliphatic carbocycles. The van der Waals surface area contributed by atoms with Gasteiger partial charge in [0.25, 0.3) is 0 Å². The van der Waals surface area contributed by atoms with Crippen LogP contribution in [-0.2, 0) is 0 Å². The third-order valence-corrected chi connectivity index (χ3v) is 3.23. The third kappa shape index (κ3) is 2.66. The molecule has 0 radical (unpaired) electrons. The van der Waals surface area contributed by atoms with Gasteiger partial charge in [-0.05, 0) is 50.4 Å². The molecular formula is C12H22. The summed E-state index contributed by atoms with van der Waals surface area (Å²) in [6, 6.07) is 0. The number of allylic oxidation sites excluding steroid dienone is 2. The molecule has 0 N–H and O–H groups in total. The van der Waals surface area contributed by atoms with Gasteiger partial charge in [0.05, 0.1) is 0 Å². The van der Waals surface area contributed by atoms with Gasteiger partial charge in [0, 0.05) is 0 Å². The van der Waals surface area contributed by atoms with Crippen LogP contribution in [0.4, 0.5) is 0 Å². The molecule has 1 fully saturated rings. The summed E-state index contributed by atoms with van der Waals surface area (Å²) in [6.45, 7) is 6.85. The van der Waals surface area contributed by atoms with E-state index >= 15 is 0 Å². The lowest BCUT2D eigenvalue weighted by Gasteiger charge is -2.13. The minimum absolute atomic E-state index is 0.903. The first-order valence-electron chi connectivity index (χ1n) is 5.35. The third-order valence-electron chi connectivity index (χ3n) is 3.23. The van der Waals surface area contributed by atoms with E-state index in [0.29, 0.717) is 0 Å². The molecule has 12 heavy (non-hydrogen) atoms. The summed E-state index contributed by atoms with van der Waals surface area (Å²) in [7, 11) is 0. The van der Waals surface area contributed by atoms with Gasteiger partial charge in [0.15, 0.2) is 0 Å². The Morgan fingerprint density at radius 1 is 1.33 bits per heavy atom. The van der Waals surface area contributed by atoms with Gasteiger partial charge in [-0.3, -0.25) is 0 Å². The van der Waals surface area contributed by atoms with Gasteiger partial charge in [0.2, 0.25) is 0 Å². The lowest BCUT2D eigenvalue weighted by Crippen LogP contribution is -2.03. The van der Waals surface area contributed by atoms with Crippen molar-refractivity contribution in [2.75, 3.05) is 0 Å². The van der Waals surface area contributed by atoms with E-state index < -0.39 is 0 Å². The van der Waals surface area contributed by atoms with Gasteiger partial charge in [-0.1, -0.05) is 26.0 Å². The Kier molecular flexibility index (Phi) is 3.84. The standard InChI is InChI=1S/C12H22/c1-4-5-6-11-7-8-12(9-11)10(2)3/h4-5,10-12H,6-9H2,1-3H3. The number of hydrogen-bond acceptors (Lipinski definition) is 0. The smallest absolute Gasteiger partial charge is 0.0322 e. The highest BCUT2D eigenvalue weighted by Gasteiger charge is 2.25. The first kappa shape index (κ1) is 9.83. The van der Waals surface area contributed by atoms with Crippen molar-refractivity contribution < 1.29 is 0 Å². The maximum absolute atomic E-state index is 2.36. The summed E-state index contributed by atoms with van der Waals surface area (Å²) in [4.78, 5) is 0. The molecule has 0 nitrogen and oxygen atoms in total. The molecule has 1 saturated carbocycles. The van der Waals surface area contributed by atoms with Crippen LogP contribution in [0.2, 0.25) is 0 Å². The maximum Gasteiger partial charge on any atom is -0.0322 e. The Bertz CT molecular complexity index is 144. The van der Waals surface area contributed by atoms with E-state index in [-0.39, 0.29) is 0 Å². The normalized spacial score (nSPS) is 30.7. The lowest BCUT2D eigenvalue weighted by atomic mass is 9.93. The largest absolute Gasteiger partial charge is 0.0917 e. The lowest BCUT2D eigenvalue weighted by molar-refractivity contribution is 0.379. The fraction of sp³-hybridized carbons (Fsp3) is 0.833. The quantitative estimate of drug-likeness (QED) is 0.555. The zero-order valence-corrected chi connectivity index (χ0v) is 8.72. The molecule has 2 unspecified atom stereocenters. The van der Waals surface area contributed by atoms with Crippen LogP contribution in [0.1, 0.15) is 46.5 Å². The van der Waals surface area contributed by atoms with Crippen molar-refractivity contribution in [3.05, 3.63) is 12.2 Å². The summed E-state index contributed by atoms with van der Waals surface area (Å²) in [5.41, 5.74) is 0. The molecule has 0 aromatic heterocycles. The molecule has 0 amide bonds. The second kappa shape index (κ2) is 4.69. The van der Waals surface area contributed by atoms with Crippen molar-refractivity contribution >= 4 is 0 Å². The highest BCUT2D eigenvalue weighted by molar-refractivity contribution is 4.85. The molecule has 0 bridgehead atoms. The predicted molar refractivity (Wildman–Crippen MR) is 55.1 cm³/mol. The van der Waals surface area contributed by atoms with Gasteiger partial charge in [-0.2, -0.15) is 0 Å². The Hall–Kier alpha value is -0.260. The van der Waals surface area contributed by atoms with Gasteiger partial charge >= 0.3 is 0 Å². The molecule has 1 aliphatic rings. The summed E-state index contributed by atoms with van der Waals surface area (Å²) in [6.07, 6.45) is 10.2. The average molecular weight is 166 g/mol. The minimum atomic E-state index is 0.903. The van der Waals surface area contributed by atoms with Crippen LogP contribution in [0, 0.1) is 17.8 Å².